The first-order valence-corrected chi connectivity index (χ1v) is 12.9. The number of aliphatic imine (C=N–C) groups is 1. The summed E-state index contributed by atoms with van der Waals surface area (Å²) in [5.74, 6) is 0.525. The summed E-state index contributed by atoms with van der Waals surface area (Å²) < 4.78 is 6.95. The number of ether oxygens (including phenoxy) is 1. The van der Waals surface area contributed by atoms with Crippen LogP contribution >= 0.6 is 39.3 Å². The van der Waals surface area contributed by atoms with Crippen molar-refractivity contribution >= 4 is 62.1 Å². The van der Waals surface area contributed by atoms with E-state index in [-0.39, 0.29) is 12.5 Å². The molecule has 1 aliphatic heterocycles. The molecule has 1 fully saturated rings. The van der Waals surface area contributed by atoms with E-state index in [9.17, 15) is 10.1 Å². The lowest BCUT2D eigenvalue weighted by molar-refractivity contribution is -0.122. The van der Waals surface area contributed by atoms with Crippen LogP contribution in [0.1, 0.15) is 30.0 Å². The molecule has 0 spiro atoms. The molecular weight excluding hydrogens is 546 g/mol. The van der Waals surface area contributed by atoms with Gasteiger partial charge in [0.15, 0.2) is 5.17 Å². The average molecular weight is 567 g/mol. The van der Waals surface area contributed by atoms with Crippen molar-refractivity contribution in [3.63, 3.8) is 0 Å². The Hall–Kier alpha value is -3.05. The molecule has 3 aromatic carbocycles. The maximum atomic E-state index is 13.3. The first-order chi connectivity index (χ1) is 17.0. The fourth-order valence-electron chi connectivity index (χ4n) is 3.45. The highest BCUT2D eigenvalue weighted by atomic mass is 79.9. The van der Waals surface area contributed by atoms with Crippen molar-refractivity contribution in [3.05, 3.63) is 97.8 Å². The predicted molar refractivity (Wildman–Crippen MR) is 146 cm³/mol. The number of amidine groups is 1. The Morgan fingerprint density at radius 2 is 1.94 bits per heavy atom. The third-order valence-electron chi connectivity index (χ3n) is 5.17. The number of halogens is 2. The van der Waals surface area contributed by atoms with E-state index < -0.39 is 0 Å². The number of nitriles is 1. The van der Waals surface area contributed by atoms with E-state index in [1.54, 1.807) is 23.1 Å². The molecule has 0 atom stereocenters. The maximum Gasteiger partial charge on any atom is 0.266 e. The second-order valence-electron chi connectivity index (χ2n) is 7.68. The molecule has 0 radical (unpaired) electrons. The average Bonchev–Trinajstić information content (AvgIpc) is 3.14. The van der Waals surface area contributed by atoms with Crippen LogP contribution < -0.4 is 4.74 Å². The zero-order valence-corrected chi connectivity index (χ0v) is 22.0. The molecule has 1 amide bonds. The van der Waals surface area contributed by atoms with Crippen molar-refractivity contribution in [1.29, 1.82) is 5.26 Å². The lowest BCUT2D eigenvalue weighted by Crippen LogP contribution is -2.29. The number of amides is 1. The van der Waals surface area contributed by atoms with Crippen LogP contribution in [-0.2, 0) is 11.4 Å². The molecule has 35 heavy (non-hydrogen) atoms. The van der Waals surface area contributed by atoms with Crippen molar-refractivity contribution in [2.75, 3.05) is 6.54 Å². The Morgan fingerprint density at radius 3 is 2.69 bits per heavy atom. The lowest BCUT2D eigenvalue weighted by atomic mass is 10.1. The van der Waals surface area contributed by atoms with E-state index in [4.69, 9.17) is 21.3 Å². The van der Waals surface area contributed by atoms with Gasteiger partial charge in [-0.3, -0.25) is 9.69 Å². The molecule has 8 heteroatoms. The highest BCUT2D eigenvalue weighted by molar-refractivity contribution is 9.10. The quantitative estimate of drug-likeness (QED) is 0.277. The standard InChI is InChI=1S/C27H21BrClN3O2S/c1-2-13-32-26(33)25(35-27(32)31-23-10-8-22(29)9-11-23)15-20-14-21(28)7-12-24(20)34-17-19-6-4-3-5-18(19)16-30/h3-12,14-15H,2,13,17H2,1H3/b25-15-,31-27?. The molecule has 3 aromatic rings. The van der Waals surface area contributed by atoms with E-state index in [0.29, 0.717) is 33.0 Å². The number of hydrogen-bond donors (Lipinski definition) is 0. The number of carbonyl (C=O) groups excluding carboxylic acids is 1. The topological polar surface area (TPSA) is 65.7 Å². The molecule has 5 nitrogen and oxygen atoms in total. The van der Waals surface area contributed by atoms with Crippen molar-refractivity contribution in [2.45, 2.75) is 20.0 Å². The number of nitrogens with zero attached hydrogens (tertiary/aromatic N) is 3. The summed E-state index contributed by atoms with van der Waals surface area (Å²) in [4.78, 5) is 20.2. The zero-order chi connectivity index (χ0) is 24.8. The molecule has 1 aliphatic rings. The van der Waals surface area contributed by atoms with Gasteiger partial charge in [0.1, 0.15) is 12.4 Å². The first-order valence-electron chi connectivity index (χ1n) is 10.9. The number of benzene rings is 3. The second kappa shape index (κ2) is 11.6. The molecule has 0 bridgehead atoms. The van der Waals surface area contributed by atoms with Crippen LogP contribution in [0.4, 0.5) is 5.69 Å². The fourth-order valence-corrected chi connectivity index (χ4v) is 4.97. The molecule has 0 unspecified atom stereocenters. The van der Waals surface area contributed by atoms with Gasteiger partial charge in [-0.25, -0.2) is 4.99 Å². The molecular formula is C27H21BrClN3O2S. The maximum absolute atomic E-state index is 13.3. The van der Waals surface area contributed by atoms with Gasteiger partial charge in [0.2, 0.25) is 0 Å². The van der Waals surface area contributed by atoms with E-state index >= 15 is 0 Å². The van der Waals surface area contributed by atoms with Crippen molar-refractivity contribution in [2.24, 2.45) is 4.99 Å². The van der Waals surface area contributed by atoms with Gasteiger partial charge in [-0.1, -0.05) is 52.7 Å². The largest absolute Gasteiger partial charge is 0.488 e. The van der Waals surface area contributed by atoms with Crippen LogP contribution in [0.15, 0.2) is 81.1 Å². The van der Waals surface area contributed by atoms with Crippen LogP contribution in [0.25, 0.3) is 6.08 Å². The fraction of sp³-hybridized carbons (Fsp3) is 0.148. The minimum absolute atomic E-state index is 0.0923. The summed E-state index contributed by atoms with van der Waals surface area (Å²) in [5, 5.41) is 10.6. The summed E-state index contributed by atoms with van der Waals surface area (Å²) in [7, 11) is 0. The van der Waals surface area contributed by atoms with Crippen LogP contribution in [0.3, 0.4) is 0 Å². The molecule has 0 aromatic heterocycles. The van der Waals surface area contributed by atoms with Gasteiger partial charge in [-0.15, -0.1) is 0 Å². The van der Waals surface area contributed by atoms with E-state index in [2.05, 4.69) is 22.0 Å². The molecule has 0 aliphatic carbocycles. The minimum Gasteiger partial charge on any atom is -0.488 e. The van der Waals surface area contributed by atoms with Crippen LogP contribution in [0.5, 0.6) is 5.75 Å². The van der Waals surface area contributed by atoms with Gasteiger partial charge in [-0.2, -0.15) is 5.26 Å². The molecule has 1 heterocycles. The van der Waals surface area contributed by atoms with Crippen LogP contribution in [0, 0.1) is 11.3 Å². The molecule has 0 N–H and O–H groups in total. The summed E-state index contributed by atoms with van der Waals surface area (Å²) in [6.07, 6.45) is 2.64. The number of carbonyl (C=O) groups is 1. The number of thioether (sulfide) groups is 1. The normalized spacial score (nSPS) is 15.6. The molecule has 0 saturated carbocycles. The minimum atomic E-state index is -0.0923. The van der Waals surface area contributed by atoms with Gasteiger partial charge >= 0.3 is 0 Å². The summed E-state index contributed by atoms with van der Waals surface area (Å²) in [6.45, 7) is 2.84. The Kier molecular flexibility index (Phi) is 8.29. The highest BCUT2D eigenvalue weighted by Crippen LogP contribution is 2.36. The Morgan fingerprint density at radius 1 is 1.17 bits per heavy atom. The predicted octanol–water partition coefficient (Wildman–Crippen LogP) is 7.57. The Labute approximate surface area is 222 Å². The Balaban J connectivity index is 1.64. The molecule has 176 valence electrons. The number of hydrogen-bond acceptors (Lipinski definition) is 5. The monoisotopic (exact) mass is 565 g/mol. The zero-order valence-electron chi connectivity index (χ0n) is 18.9. The third-order valence-corrected chi connectivity index (χ3v) is 6.92. The van der Waals surface area contributed by atoms with Crippen molar-refractivity contribution in [3.8, 4) is 11.8 Å². The molecule has 4 rings (SSSR count). The van der Waals surface area contributed by atoms with E-state index in [1.165, 1.54) is 11.8 Å². The van der Waals surface area contributed by atoms with Gasteiger partial charge in [-0.05, 0) is 72.8 Å². The number of rotatable bonds is 7. The van der Waals surface area contributed by atoms with Crippen molar-refractivity contribution < 1.29 is 9.53 Å². The summed E-state index contributed by atoms with van der Waals surface area (Å²) >= 11 is 10.8. The third kappa shape index (κ3) is 6.15. The van der Waals surface area contributed by atoms with Crippen LogP contribution in [0.2, 0.25) is 5.02 Å². The van der Waals surface area contributed by atoms with Crippen LogP contribution in [-0.4, -0.2) is 22.5 Å². The van der Waals surface area contributed by atoms with Gasteiger partial charge < -0.3 is 4.74 Å². The second-order valence-corrected chi connectivity index (χ2v) is 10.0. The summed E-state index contributed by atoms with van der Waals surface area (Å²) in [6, 6.07) is 22.4. The van der Waals surface area contributed by atoms with Gasteiger partial charge in [0, 0.05) is 27.2 Å². The molecule has 1 saturated heterocycles. The lowest BCUT2D eigenvalue weighted by Gasteiger charge is -2.14. The van der Waals surface area contributed by atoms with Gasteiger partial charge in [0.25, 0.3) is 5.91 Å². The first kappa shape index (κ1) is 25.1. The van der Waals surface area contributed by atoms with Gasteiger partial charge in [0.05, 0.1) is 22.2 Å². The van der Waals surface area contributed by atoms with E-state index in [1.807, 2.05) is 61.5 Å². The highest BCUT2D eigenvalue weighted by Gasteiger charge is 2.33. The van der Waals surface area contributed by atoms with Crippen molar-refractivity contribution in [1.82, 2.24) is 4.90 Å². The summed E-state index contributed by atoms with van der Waals surface area (Å²) in [5.41, 5.74) is 2.86. The SMILES string of the molecule is CCCN1C(=O)/C(=C/c2cc(Br)ccc2OCc2ccccc2C#N)SC1=Nc1ccc(Cl)cc1. The van der Waals surface area contributed by atoms with E-state index in [0.717, 1.165) is 27.7 Å². The smallest absolute Gasteiger partial charge is 0.266 e. The Bertz CT molecular complexity index is 1350.